The lowest BCUT2D eigenvalue weighted by Crippen LogP contribution is -2.21. The first-order valence-electron chi connectivity index (χ1n) is 8.97. The summed E-state index contributed by atoms with van der Waals surface area (Å²) in [5, 5.41) is 4.48. The first-order chi connectivity index (χ1) is 12.2. The molecule has 1 aromatic carbocycles. The molecule has 2 rings (SSSR count). The zero-order valence-electron chi connectivity index (χ0n) is 16.3. The summed E-state index contributed by atoms with van der Waals surface area (Å²) in [5.74, 6) is 0.0912. The number of allylic oxidation sites excluding steroid dienone is 4. The van der Waals surface area contributed by atoms with E-state index < -0.39 is 0 Å². The van der Waals surface area contributed by atoms with Crippen LogP contribution in [0, 0.1) is 13.8 Å². The first-order valence-corrected chi connectivity index (χ1v) is 9.72. The highest BCUT2D eigenvalue weighted by atomic mass is 35.5. The van der Waals surface area contributed by atoms with Gasteiger partial charge in [0.25, 0.3) is 0 Å². The van der Waals surface area contributed by atoms with Crippen LogP contribution < -0.4 is 5.32 Å². The summed E-state index contributed by atoms with van der Waals surface area (Å²) in [6.07, 6.45) is 1.74. The van der Waals surface area contributed by atoms with Gasteiger partial charge in [-0.3, -0.25) is 4.79 Å². The second-order valence-corrected chi connectivity index (χ2v) is 8.08. The molecule has 1 aromatic rings. The predicted molar refractivity (Wildman–Crippen MR) is 112 cm³/mol. The van der Waals surface area contributed by atoms with Crippen LogP contribution in [0.2, 0.25) is 0 Å². The number of likely N-dealkylation sites (N-methyl/N-ethyl adjacent to an activating group) is 1. The zero-order chi connectivity index (χ0) is 19.4. The Balaban J connectivity index is 1.99. The summed E-state index contributed by atoms with van der Waals surface area (Å²) < 4.78 is 0. The van der Waals surface area contributed by atoms with E-state index in [0.29, 0.717) is 34.9 Å². The van der Waals surface area contributed by atoms with E-state index in [9.17, 15) is 4.79 Å². The average molecular weight is 395 g/mol. The third kappa shape index (κ3) is 5.12. The van der Waals surface area contributed by atoms with Gasteiger partial charge in [0.15, 0.2) is 5.78 Å². The molecule has 1 aliphatic rings. The number of halogens is 2. The fraction of sp³-hybridized carbons (Fsp3) is 0.476. The van der Waals surface area contributed by atoms with Crippen LogP contribution in [-0.4, -0.2) is 37.9 Å². The van der Waals surface area contributed by atoms with Crippen LogP contribution in [0.1, 0.15) is 36.5 Å². The first kappa shape index (κ1) is 21.0. The maximum Gasteiger partial charge on any atom is 0.161 e. The molecule has 1 aliphatic carbocycles. The number of carbonyl (C=O) groups excluding carboxylic acids is 1. The topological polar surface area (TPSA) is 32.3 Å². The molecule has 0 saturated carbocycles. The molecule has 5 heteroatoms. The van der Waals surface area contributed by atoms with E-state index in [1.54, 1.807) is 0 Å². The van der Waals surface area contributed by atoms with E-state index in [0.717, 1.165) is 18.7 Å². The van der Waals surface area contributed by atoms with Crippen LogP contribution in [-0.2, 0) is 11.2 Å². The Bertz CT molecular complexity index is 740. The fourth-order valence-electron chi connectivity index (χ4n) is 3.25. The van der Waals surface area contributed by atoms with Crippen LogP contribution in [0.5, 0.6) is 0 Å². The fourth-order valence-corrected chi connectivity index (χ4v) is 3.77. The van der Waals surface area contributed by atoms with Gasteiger partial charge in [-0.05, 0) is 70.0 Å². The highest BCUT2D eigenvalue weighted by molar-refractivity contribution is 6.46. The van der Waals surface area contributed by atoms with Crippen molar-refractivity contribution in [3.05, 3.63) is 50.0 Å². The molecule has 0 bridgehead atoms. The van der Waals surface area contributed by atoms with Crippen molar-refractivity contribution < 1.29 is 4.79 Å². The van der Waals surface area contributed by atoms with Gasteiger partial charge in [0.1, 0.15) is 0 Å². The number of nitrogens with zero attached hydrogens (tertiary/aromatic N) is 1. The maximum atomic E-state index is 12.5. The Hall–Kier alpha value is -1.29. The molecule has 0 radical (unpaired) electrons. The Morgan fingerprint density at radius 3 is 2.23 bits per heavy atom. The minimum atomic E-state index is 0.0912. The van der Waals surface area contributed by atoms with Gasteiger partial charge < -0.3 is 10.2 Å². The largest absolute Gasteiger partial charge is 0.383 e. The maximum absolute atomic E-state index is 12.5. The van der Waals surface area contributed by atoms with E-state index in [1.807, 2.05) is 6.92 Å². The Kier molecular flexibility index (Phi) is 7.33. The summed E-state index contributed by atoms with van der Waals surface area (Å²) >= 11 is 12.3. The van der Waals surface area contributed by atoms with Gasteiger partial charge in [0, 0.05) is 30.8 Å². The second-order valence-electron chi connectivity index (χ2n) is 7.32. The molecule has 26 heavy (non-hydrogen) atoms. The Labute approximate surface area is 167 Å². The molecule has 0 saturated heterocycles. The molecule has 0 amide bonds. The second kappa shape index (κ2) is 9.07. The van der Waals surface area contributed by atoms with Gasteiger partial charge in [-0.1, -0.05) is 35.3 Å². The molecular weight excluding hydrogens is 367 g/mol. The normalized spacial score (nSPS) is 14.6. The quantitative estimate of drug-likeness (QED) is 0.658. The minimum Gasteiger partial charge on any atom is -0.383 e. The summed E-state index contributed by atoms with van der Waals surface area (Å²) in [6, 6.07) is 4.33. The number of hydrogen-bond acceptors (Lipinski definition) is 3. The Morgan fingerprint density at radius 2 is 1.73 bits per heavy atom. The molecule has 0 aliphatic heterocycles. The van der Waals surface area contributed by atoms with Crippen LogP contribution in [0.4, 0.5) is 5.69 Å². The SMILES string of the molecule is CC1=C(Cl)C(Cl)=C(C(=O)CCc2cc(C)c(NCCN(C)C)c(C)c2)C1. The summed E-state index contributed by atoms with van der Waals surface area (Å²) in [7, 11) is 4.13. The van der Waals surface area contributed by atoms with E-state index >= 15 is 0 Å². The lowest BCUT2D eigenvalue weighted by molar-refractivity contribution is -0.115. The smallest absolute Gasteiger partial charge is 0.161 e. The summed E-state index contributed by atoms with van der Waals surface area (Å²) in [6.45, 7) is 8.03. The molecule has 0 fully saturated rings. The minimum absolute atomic E-state index is 0.0912. The van der Waals surface area contributed by atoms with Crippen molar-refractivity contribution in [2.24, 2.45) is 0 Å². The van der Waals surface area contributed by atoms with Crippen molar-refractivity contribution in [2.75, 3.05) is 32.5 Å². The van der Waals surface area contributed by atoms with Gasteiger partial charge >= 0.3 is 0 Å². The van der Waals surface area contributed by atoms with E-state index in [-0.39, 0.29) is 5.78 Å². The molecule has 0 atom stereocenters. The molecule has 0 spiro atoms. The van der Waals surface area contributed by atoms with Crippen molar-refractivity contribution in [1.82, 2.24) is 4.90 Å². The van der Waals surface area contributed by atoms with E-state index in [2.05, 4.69) is 50.3 Å². The van der Waals surface area contributed by atoms with Gasteiger partial charge in [-0.25, -0.2) is 0 Å². The number of ketones is 1. The van der Waals surface area contributed by atoms with Crippen molar-refractivity contribution in [2.45, 2.75) is 40.0 Å². The van der Waals surface area contributed by atoms with Crippen LogP contribution in [0.15, 0.2) is 33.3 Å². The average Bonchev–Trinajstić information content (AvgIpc) is 2.82. The molecule has 1 N–H and O–H groups in total. The number of anilines is 1. The molecule has 0 heterocycles. The van der Waals surface area contributed by atoms with Crippen molar-refractivity contribution in [3.8, 4) is 0 Å². The molecule has 3 nitrogen and oxygen atoms in total. The molecular formula is C21H28Cl2N2O. The van der Waals surface area contributed by atoms with Crippen LogP contribution in [0.3, 0.4) is 0 Å². The monoisotopic (exact) mass is 394 g/mol. The summed E-state index contributed by atoms with van der Waals surface area (Å²) in [4.78, 5) is 14.7. The lowest BCUT2D eigenvalue weighted by atomic mass is 9.97. The van der Waals surface area contributed by atoms with E-state index in [1.165, 1.54) is 22.4 Å². The van der Waals surface area contributed by atoms with E-state index in [4.69, 9.17) is 23.2 Å². The highest BCUT2D eigenvalue weighted by Gasteiger charge is 2.24. The van der Waals surface area contributed by atoms with Gasteiger partial charge in [0.2, 0.25) is 0 Å². The van der Waals surface area contributed by atoms with Gasteiger partial charge in [-0.15, -0.1) is 0 Å². The molecule has 0 aromatic heterocycles. The Morgan fingerprint density at radius 1 is 1.12 bits per heavy atom. The number of nitrogens with one attached hydrogen (secondary N) is 1. The molecule has 142 valence electrons. The highest BCUT2D eigenvalue weighted by Crippen LogP contribution is 2.38. The van der Waals surface area contributed by atoms with Crippen LogP contribution in [0.25, 0.3) is 0 Å². The standard InChI is InChI=1S/C21H28Cl2N2O/c1-13-12-17(20(23)19(13)22)18(26)7-6-16-10-14(2)21(15(3)11-16)24-8-9-25(4)5/h10-11,24H,6-9,12H2,1-5H3. The van der Waals surface area contributed by atoms with Crippen molar-refractivity contribution in [1.29, 1.82) is 0 Å². The number of hydrogen-bond donors (Lipinski definition) is 1. The number of benzene rings is 1. The van der Waals surface area contributed by atoms with Crippen molar-refractivity contribution in [3.63, 3.8) is 0 Å². The zero-order valence-corrected chi connectivity index (χ0v) is 17.8. The lowest BCUT2D eigenvalue weighted by Gasteiger charge is -2.16. The van der Waals surface area contributed by atoms with Gasteiger partial charge in [0.05, 0.1) is 10.1 Å². The number of carbonyl (C=O) groups is 1. The van der Waals surface area contributed by atoms with Crippen molar-refractivity contribution >= 4 is 34.7 Å². The third-order valence-corrected chi connectivity index (χ3v) is 5.73. The van der Waals surface area contributed by atoms with Crippen LogP contribution >= 0.6 is 23.2 Å². The predicted octanol–water partition coefficient (Wildman–Crippen LogP) is 5.19. The number of rotatable bonds is 8. The number of Topliss-reactive ketones (excluding diaryl/α,β-unsaturated/α-hetero) is 1. The summed E-state index contributed by atoms with van der Waals surface area (Å²) in [5.41, 5.74) is 6.42. The van der Waals surface area contributed by atoms with Gasteiger partial charge in [-0.2, -0.15) is 0 Å². The molecule has 0 unspecified atom stereocenters. The third-order valence-electron chi connectivity index (χ3n) is 4.70. The number of aryl methyl sites for hydroxylation is 3.